The molecule has 2 aromatic rings. The van der Waals surface area contributed by atoms with Gasteiger partial charge in [0.05, 0.1) is 12.0 Å². The van der Waals surface area contributed by atoms with Gasteiger partial charge >= 0.3 is 12.1 Å². The predicted molar refractivity (Wildman–Crippen MR) is 113 cm³/mol. The minimum Gasteiger partial charge on any atom is -0.460 e. The van der Waals surface area contributed by atoms with E-state index in [1.54, 1.807) is 4.90 Å². The van der Waals surface area contributed by atoms with Crippen LogP contribution in [-0.4, -0.2) is 29.1 Å². The molecular formula is C25H29NO4. The lowest BCUT2D eigenvalue weighted by Gasteiger charge is -2.39. The Morgan fingerprint density at radius 2 is 1.63 bits per heavy atom. The summed E-state index contributed by atoms with van der Waals surface area (Å²) in [5, 5.41) is 0. The van der Waals surface area contributed by atoms with Crippen molar-refractivity contribution in [3.05, 3.63) is 71.8 Å². The maximum absolute atomic E-state index is 13.2. The average Bonchev–Trinajstić information content (AvgIpc) is 3.60. The zero-order chi connectivity index (χ0) is 20.9. The predicted octanol–water partition coefficient (Wildman–Crippen LogP) is 4.95. The lowest BCUT2D eigenvalue weighted by molar-refractivity contribution is -0.164. The highest BCUT2D eigenvalue weighted by Crippen LogP contribution is 2.41. The van der Waals surface area contributed by atoms with E-state index in [2.05, 4.69) is 0 Å². The molecule has 1 saturated carbocycles. The quantitative estimate of drug-likeness (QED) is 0.610. The Balaban J connectivity index is 1.54. The highest BCUT2D eigenvalue weighted by atomic mass is 16.6. The van der Waals surface area contributed by atoms with Gasteiger partial charge in [-0.05, 0) is 42.7 Å². The SMILES string of the molecule is CC1CCC(C(C2CC2)N(Cc2ccccc2)C(=O)OCc2ccccc2)OC1=O. The van der Waals surface area contributed by atoms with Crippen LogP contribution in [0.25, 0.3) is 0 Å². The van der Waals surface area contributed by atoms with E-state index in [0.717, 1.165) is 36.8 Å². The van der Waals surface area contributed by atoms with Crippen LogP contribution >= 0.6 is 0 Å². The largest absolute Gasteiger partial charge is 0.460 e. The molecule has 0 radical (unpaired) electrons. The fraction of sp³-hybridized carbons (Fsp3) is 0.440. The summed E-state index contributed by atoms with van der Waals surface area (Å²) in [5.74, 6) is 0.118. The first kappa shape index (κ1) is 20.5. The monoisotopic (exact) mass is 407 g/mol. The van der Waals surface area contributed by atoms with Gasteiger partial charge < -0.3 is 9.47 Å². The molecule has 3 atom stereocenters. The van der Waals surface area contributed by atoms with Crippen LogP contribution in [0.15, 0.2) is 60.7 Å². The van der Waals surface area contributed by atoms with Crippen LogP contribution in [0.1, 0.15) is 43.7 Å². The van der Waals surface area contributed by atoms with Crippen LogP contribution in [0.5, 0.6) is 0 Å². The molecule has 0 N–H and O–H groups in total. The number of cyclic esters (lactones) is 1. The number of benzene rings is 2. The molecule has 5 nitrogen and oxygen atoms in total. The summed E-state index contributed by atoms with van der Waals surface area (Å²) in [6, 6.07) is 19.5. The van der Waals surface area contributed by atoms with E-state index in [4.69, 9.17) is 9.47 Å². The second kappa shape index (κ2) is 9.33. The third-order valence-corrected chi connectivity index (χ3v) is 6.04. The molecule has 0 spiro atoms. The zero-order valence-electron chi connectivity index (χ0n) is 17.4. The molecular weight excluding hydrogens is 378 g/mol. The van der Waals surface area contributed by atoms with Crippen molar-refractivity contribution < 1.29 is 19.1 Å². The number of hydrogen-bond donors (Lipinski definition) is 0. The molecule has 2 fully saturated rings. The number of amides is 1. The van der Waals surface area contributed by atoms with Crippen molar-refractivity contribution in [2.45, 2.75) is 57.9 Å². The minimum absolute atomic E-state index is 0.0753. The van der Waals surface area contributed by atoms with Crippen molar-refractivity contribution in [3.8, 4) is 0 Å². The molecule has 3 unspecified atom stereocenters. The van der Waals surface area contributed by atoms with Crippen LogP contribution in [0.4, 0.5) is 4.79 Å². The Labute approximate surface area is 178 Å². The third-order valence-electron chi connectivity index (χ3n) is 6.04. The molecule has 5 heteroatoms. The van der Waals surface area contributed by atoms with Crippen molar-refractivity contribution in [1.29, 1.82) is 0 Å². The standard InChI is InChI=1S/C25H29NO4/c1-18-12-15-22(30-24(18)27)23(21-13-14-21)26(16-19-8-4-2-5-9-19)25(28)29-17-20-10-6-3-7-11-20/h2-11,18,21-23H,12-17H2,1H3. The highest BCUT2D eigenvalue weighted by molar-refractivity contribution is 5.73. The first-order chi connectivity index (χ1) is 14.6. The summed E-state index contributed by atoms with van der Waals surface area (Å²) >= 11 is 0. The van der Waals surface area contributed by atoms with E-state index < -0.39 is 0 Å². The Morgan fingerprint density at radius 1 is 1.00 bits per heavy atom. The molecule has 1 amide bonds. The second-order valence-corrected chi connectivity index (χ2v) is 8.44. The van der Waals surface area contributed by atoms with Crippen molar-refractivity contribution in [2.24, 2.45) is 11.8 Å². The van der Waals surface area contributed by atoms with Gasteiger partial charge in [0.1, 0.15) is 12.7 Å². The first-order valence-corrected chi connectivity index (χ1v) is 10.8. The van der Waals surface area contributed by atoms with Crippen molar-refractivity contribution in [2.75, 3.05) is 0 Å². The Kier molecular flexibility index (Phi) is 6.36. The lowest BCUT2D eigenvalue weighted by atomic mass is 9.92. The van der Waals surface area contributed by atoms with E-state index in [1.807, 2.05) is 67.6 Å². The molecule has 1 saturated heterocycles. The van der Waals surface area contributed by atoms with E-state index >= 15 is 0 Å². The van der Waals surface area contributed by atoms with Crippen molar-refractivity contribution in [1.82, 2.24) is 4.90 Å². The summed E-state index contributed by atoms with van der Waals surface area (Å²) in [5.41, 5.74) is 1.99. The van der Waals surface area contributed by atoms with Gasteiger partial charge in [-0.25, -0.2) is 4.79 Å². The van der Waals surface area contributed by atoms with Gasteiger partial charge in [-0.2, -0.15) is 0 Å². The van der Waals surface area contributed by atoms with Gasteiger partial charge in [-0.1, -0.05) is 67.6 Å². The minimum atomic E-state index is -0.353. The fourth-order valence-electron chi connectivity index (χ4n) is 4.17. The molecule has 2 aliphatic rings. The molecule has 1 aliphatic heterocycles. The third kappa shape index (κ3) is 5.02. The molecule has 2 aromatic carbocycles. The summed E-state index contributed by atoms with van der Waals surface area (Å²) < 4.78 is 11.5. The van der Waals surface area contributed by atoms with Gasteiger partial charge in [-0.15, -0.1) is 0 Å². The second-order valence-electron chi connectivity index (χ2n) is 8.44. The van der Waals surface area contributed by atoms with E-state index in [9.17, 15) is 9.59 Å². The van der Waals surface area contributed by atoms with Crippen molar-refractivity contribution in [3.63, 3.8) is 0 Å². The van der Waals surface area contributed by atoms with Crippen LogP contribution < -0.4 is 0 Å². The van der Waals surface area contributed by atoms with Gasteiger partial charge in [-0.3, -0.25) is 9.69 Å². The van der Waals surface area contributed by atoms with Crippen molar-refractivity contribution >= 4 is 12.1 Å². The number of nitrogens with zero attached hydrogens (tertiary/aromatic N) is 1. The van der Waals surface area contributed by atoms with E-state index in [1.165, 1.54) is 0 Å². The number of esters is 1. The highest BCUT2D eigenvalue weighted by Gasteiger charge is 2.46. The normalized spacial score (nSPS) is 22.1. The molecule has 1 aliphatic carbocycles. The number of ether oxygens (including phenoxy) is 2. The Hall–Kier alpha value is -2.82. The summed E-state index contributed by atoms with van der Waals surface area (Å²) in [4.78, 5) is 27.3. The maximum atomic E-state index is 13.2. The molecule has 4 rings (SSSR count). The zero-order valence-corrected chi connectivity index (χ0v) is 17.4. The maximum Gasteiger partial charge on any atom is 0.410 e. The summed E-state index contributed by atoms with van der Waals surface area (Å²) in [6.07, 6.45) is 3.05. The first-order valence-electron chi connectivity index (χ1n) is 10.8. The molecule has 158 valence electrons. The van der Waals surface area contributed by atoms with Gasteiger partial charge in [0.2, 0.25) is 0 Å². The number of hydrogen-bond acceptors (Lipinski definition) is 4. The van der Waals surface area contributed by atoms with E-state index in [0.29, 0.717) is 12.5 Å². The lowest BCUT2D eigenvalue weighted by Crippen LogP contribution is -2.51. The van der Waals surface area contributed by atoms with Crippen LogP contribution in [0, 0.1) is 11.8 Å². The van der Waals surface area contributed by atoms with Crippen LogP contribution in [-0.2, 0) is 27.4 Å². The number of rotatable bonds is 7. The summed E-state index contributed by atoms with van der Waals surface area (Å²) in [7, 11) is 0. The topological polar surface area (TPSA) is 55.8 Å². The van der Waals surface area contributed by atoms with E-state index in [-0.39, 0.29) is 36.7 Å². The molecule has 1 heterocycles. The molecule has 0 aromatic heterocycles. The molecule has 30 heavy (non-hydrogen) atoms. The van der Waals surface area contributed by atoms with Gasteiger partial charge in [0, 0.05) is 6.54 Å². The average molecular weight is 408 g/mol. The summed E-state index contributed by atoms with van der Waals surface area (Å²) in [6.45, 7) is 2.57. The number of carbonyl (C=O) groups excluding carboxylic acids is 2. The smallest absolute Gasteiger partial charge is 0.410 e. The Morgan fingerprint density at radius 3 is 2.23 bits per heavy atom. The van der Waals surface area contributed by atoms with Gasteiger partial charge in [0.25, 0.3) is 0 Å². The van der Waals surface area contributed by atoms with Crippen LogP contribution in [0.2, 0.25) is 0 Å². The van der Waals surface area contributed by atoms with Crippen LogP contribution in [0.3, 0.4) is 0 Å². The van der Waals surface area contributed by atoms with Gasteiger partial charge in [0.15, 0.2) is 0 Å². The number of carbonyl (C=O) groups is 2. The fourth-order valence-corrected chi connectivity index (χ4v) is 4.17. The molecule has 0 bridgehead atoms. The Bertz CT molecular complexity index is 850.